The molecule has 1 aliphatic carbocycles. The largest absolute Gasteiger partial charge is 0.495 e. The van der Waals surface area contributed by atoms with Crippen LogP contribution in [0.1, 0.15) is 51.4 Å². The normalized spacial score (nSPS) is 25.2. The van der Waals surface area contributed by atoms with Crippen molar-refractivity contribution < 1.29 is 27.8 Å². The Morgan fingerprint density at radius 3 is 2.61 bits per heavy atom. The van der Waals surface area contributed by atoms with Crippen LogP contribution in [0.5, 0.6) is 5.75 Å². The van der Waals surface area contributed by atoms with Crippen LogP contribution in [0.2, 0.25) is 0 Å². The average molecular weight is 455 g/mol. The van der Waals surface area contributed by atoms with Crippen LogP contribution in [-0.4, -0.2) is 57.9 Å². The third kappa shape index (κ3) is 6.41. The molecule has 3 atom stereocenters. The van der Waals surface area contributed by atoms with Gasteiger partial charge in [-0.3, -0.25) is 4.79 Å². The van der Waals surface area contributed by atoms with Crippen molar-refractivity contribution in [1.29, 1.82) is 0 Å². The number of aliphatic hydroxyl groups excluding tert-OH is 1. The quantitative estimate of drug-likeness (QED) is 0.526. The maximum absolute atomic E-state index is 12.8. The first-order valence-corrected chi connectivity index (χ1v) is 12.6. The van der Waals surface area contributed by atoms with Gasteiger partial charge in [0, 0.05) is 12.5 Å². The second-order valence-electron chi connectivity index (χ2n) is 8.35. The van der Waals surface area contributed by atoms with Gasteiger partial charge in [-0.05, 0) is 44.2 Å². The highest BCUT2D eigenvalue weighted by molar-refractivity contribution is 7.89. The Morgan fingerprint density at radius 2 is 1.90 bits per heavy atom. The van der Waals surface area contributed by atoms with Crippen LogP contribution in [0.15, 0.2) is 29.2 Å². The van der Waals surface area contributed by atoms with E-state index >= 15 is 0 Å². The first-order chi connectivity index (χ1) is 14.9. The number of carbonyl (C=O) groups excluding carboxylic acids is 1. The maximum Gasteiger partial charge on any atom is 0.244 e. The number of methoxy groups -OCH3 is 1. The van der Waals surface area contributed by atoms with Crippen molar-refractivity contribution in [2.24, 2.45) is 5.92 Å². The van der Waals surface area contributed by atoms with E-state index in [1.165, 1.54) is 19.6 Å². The molecule has 0 radical (unpaired) electrons. The zero-order valence-corrected chi connectivity index (χ0v) is 18.9. The number of sulfonamides is 1. The summed E-state index contributed by atoms with van der Waals surface area (Å²) in [4.78, 5) is 12.3. The second-order valence-corrected chi connectivity index (χ2v) is 10.0. The summed E-state index contributed by atoms with van der Waals surface area (Å²) in [6.45, 7) is 0.236. The highest BCUT2D eigenvalue weighted by atomic mass is 32.2. The fraction of sp³-hybridized carbons (Fsp3) is 0.682. The number of ether oxygens (including phenoxy) is 2. The van der Waals surface area contributed by atoms with Gasteiger partial charge in [0.25, 0.3) is 0 Å². The Balaban J connectivity index is 1.50. The molecule has 1 saturated carbocycles. The number of hydrogen-bond acceptors (Lipinski definition) is 6. The molecule has 174 valence electrons. The molecular weight excluding hydrogens is 420 g/mol. The van der Waals surface area contributed by atoms with Crippen molar-refractivity contribution in [3.05, 3.63) is 24.3 Å². The Morgan fingerprint density at radius 1 is 1.16 bits per heavy atom. The molecule has 1 aromatic rings. The molecule has 2 aliphatic rings. The Bertz CT molecular complexity index is 825. The van der Waals surface area contributed by atoms with Crippen LogP contribution >= 0.6 is 0 Å². The first kappa shape index (κ1) is 24.0. The lowest BCUT2D eigenvalue weighted by atomic mass is 9.88. The highest BCUT2D eigenvalue weighted by Gasteiger charge is 2.34. The molecule has 8 nitrogen and oxygen atoms in total. The topological polar surface area (TPSA) is 114 Å². The van der Waals surface area contributed by atoms with Crippen molar-refractivity contribution in [3.8, 4) is 5.75 Å². The van der Waals surface area contributed by atoms with E-state index in [-0.39, 0.29) is 35.2 Å². The molecule has 0 unspecified atom stereocenters. The lowest BCUT2D eigenvalue weighted by Gasteiger charge is -2.36. The van der Waals surface area contributed by atoms with Crippen molar-refractivity contribution in [3.63, 3.8) is 0 Å². The number of amides is 1. The SMILES string of the molecule is COc1ccccc1S(=O)(=O)N[C@@H]1CC[C@@H](CCNC(=O)C2CCCCC2)O[C@@H]1CO. The van der Waals surface area contributed by atoms with E-state index < -0.39 is 22.2 Å². The molecule has 0 aromatic heterocycles. The van der Waals surface area contributed by atoms with E-state index in [4.69, 9.17) is 9.47 Å². The molecule has 1 aliphatic heterocycles. The molecule has 2 fully saturated rings. The van der Waals surface area contributed by atoms with Crippen molar-refractivity contribution >= 4 is 15.9 Å². The number of para-hydroxylation sites is 1. The van der Waals surface area contributed by atoms with Crippen LogP contribution in [0, 0.1) is 5.92 Å². The number of benzene rings is 1. The third-order valence-electron chi connectivity index (χ3n) is 6.20. The number of nitrogens with one attached hydrogen (secondary N) is 2. The highest BCUT2D eigenvalue weighted by Crippen LogP contribution is 2.27. The average Bonchev–Trinajstić information content (AvgIpc) is 2.80. The van der Waals surface area contributed by atoms with Gasteiger partial charge in [0.2, 0.25) is 15.9 Å². The van der Waals surface area contributed by atoms with E-state index in [1.54, 1.807) is 18.2 Å². The molecule has 9 heteroatoms. The zero-order chi connectivity index (χ0) is 22.3. The Labute approximate surface area is 184 Å². The number of rotatable bonds is 9. The van der Waals surface area contributed by atoms with Crippen LogP contribution < -0.4 is 14.8 Å². The molecule has 1 heterocycles. The molecule has 1 aromatic carbocycles. The number of carbonyl (C=O) groups is 1. The molecule has 3 rings (SSSR count). The van der Waals surface area contributed by atoms with Gasteiger partial charge < -0.3 is 19.9 Å². The summed E-state index contributed by atoms with van der Waals surface area (Å²) in [5.41, 5.74) is 0. The minimum absolute atomic E-state index is 0.0572. The molecular formula is C22H34N2O6S. The summed E-state index contributed by atoms with van der Waals surface area (Å²) >= 11 is 0. The van der Waals surface area contributed by atoms with Crippen LogP contribution in [0.3, 0.4) is 0 Å². The van der Waals surface area contributed by atoms with Gasteiger partial charge >= 0.3 is 0 Å². The summed E-state index contributed by atoms with van der Waals surface area (Å²) in [5.74, 6) is 0.510. The van der Waals surface area contributed by atoms with Crippen LogP contribution in [0.4, 0.5) is 0 Å². The van der Waals surface area contributed by atoms with Crippen LogP contribution in [-0.2, 0) is 19.6 Å². The fourth-order valence-corrected chi connectivity index (χ4v) is 5.92. The predicted octanol–water partition coefficient (Wildman–Crippen LogP) is 1.97. The standard InChI is InChI=1S/C22H34N2O6S/c1-29-19-9-5-6-10-21(19)31(27,28)24-18-12-11-17(30-20(18)15-25)13-14-23-22(26)16-7-3-2-4-8-16/h5-6,9-10,16-18,20,24-25H,2-4,7-8,11-15H2,1H3,(H,23,26)/t17-,18+,20+/m0/s1. The summed E-state index contributed by atoms with van der Waals surface area (Å²) in [7, 11) is -2.40. The first-order valence-electron chi connectivity index (χ1n) is 11.1. The van der Waals surface area contributed by atoms with Crippen LogP contribution in [0.25, 0.3) is 0 Å². The summed E-state index contributed by atoms with van der Waals surface area (Å²) in [5, 5.41) is 12.8. The predicted molar refractivity (Wildman–Crippen MR) is 116 cm³/mol. The summed E-state index contributed by atoms with van der Waals surface area (Å²) in [6, 6.07) is 5.88. The number of aliphatic hydroxyl groups is 1. The van der Waals surface area contributed by atoms with Gasteiger partial charge in [-0.15, -0.1) is 0 Å². The van der Waals surface area contributed by atoms with Crippen molar-refractivity contribution in [2.45, 2.75) is 74.5 Å². The van der Waals surface area contributed by atoms with Gasteiger partial charge in [0.1, 0.15) is 10.6 Å². The molecule has 31 heavy (non-hydrogen) atoms. The minimum Gasteiger partial charge on any atom is -0.495 e. The van der Waals surface area contributed by atoms with E-state index in [2.05, 4.69) is 10.0 Å². The lowest BCUT2D eigenvalue weighted by molar-refractivity contribution is -0.126. The van der Waals surface area contributed by atoms with Gasteiger partial charge in [-0.25, -0.2) is 13.1 Å². The monoisotopic (exact) mass is 454 g/mol. The molecule has 0 bridgehead atoms. The zero-order valence-electron chi connectivity index (χ0n) is 18.1. The summed E-state index contributed by atoms with van der Waals surface area (Å²) < 4.78 is 39.5. The Hall–Kier alpha value is -1.68. The van der Waals surface area contributed by atoms with Gasteiger partial charge in [0.05, 0.1) is 32.0 Å². The van der Waals surface area contributed by atoms with Crippen molar-refractivity contribution in [2.75, 3.05) is 20.3 Å². The fourth-order valence-electron chi connectivity index (χ4n) is 4.45. The second kappa shape index (κ2) is 11.3. The number of hydrogen-bond donors (Lipinski definition) is 3. The van der Waals surface area contributed by atoms with Gasteiger partial charge in [0.15, 0.2) is 0 Å². The van der Waals surface area contributed by atoms with Gasteiger partial charge in [-0.1, -0.05) is 31.4 Å². The molecule has 0 spiro atoms. The van der Waals surface area contributed by atoms with E-state index in [9.17, 15) is 18.3 Å². The van der Waals surface area contributed by atoms with Gasteiger partial charge in [-0.2, -0.15) is 0 Å². The van der Waals surface area contributed by atoms with E-state index in [1.807, 2.05) is 0 Å². The van der Waals surface area contributed by atoms with Crippen molar-refractivity contribution in [1.82, 2.24) is 10.0 Å². The van der Waals surface area contributed by atoms with E-state index in [0.717, 1.165) is 25.7 Å². The maximum atomic E-state index is 12.8. The third-order valence-corrected chi connectivity index (χ3v) is 7.73. The van der Waals surface area contributed by atoms with E-state index in [0.29, 0.717) is 25.8 Å². The molecule has 3 N–H and O–H groups in total. The Kier molecular flexibility index (Phi) is 8.71. The smallest absolute Gasteiger partial charge is 0.244 e. The molecule has 1 saturated heterocycles. The molecule has 1 amide bonds. The minimum atomic E-state index is -3.83. The lowest BCUT2D eigenvalue weighted by Crippen LogP contribution is -2.51. The summed E-state index contributed by atoms with van der Waals surface area (Å²) in [6.07, 6.45) is 6.44.